The van der Waals surface area contributed by atoms with Crippen molar-refractivity contribution in [3.63, 3.8) is 0 Å². The van der Waals surface area contributed by atoms with E-state index in [4.69, 9.17) is 32.9 Å². The minimum absolute atomic E-state index is 0.0735. The number of methoxy groups -OCH3 is 1. The maximum atomic E-state index is 12.4. The number of hydrogen-bond donors (Lipinski definition) is 1. The van der Waals surface area contributed by atoms with Crippen LogP contribution >= 0.6 is 23.2 Å². The molecule has 0 aliphatic heterocycles. The summed E-state index contributed by atoms with van der Waals surface area (Å²) in [7, 11) is 1.67. The molecule has 1 amide bonds. The van der Waals surface area contributed by atoms with Crippen molar-refractivity contribution >= 4 is 41.3 Å². The number of carbonyl (C=O) groups excluding carboxylic acids is 1. The van der Waals surface area contributed by atoms with Gasteiger partial charge in [-0.25, -0.2) is 4.98 Å². The molecule has 1 heterocycles. The van der Waals surface area contributed by atoms with Gasteiger partial charge in [0.2, 0.25) is 5.91 Å². The predicted molar refractivity (Wildman–Crippen MR) is 171 cm³/mol. The molecule has 0 spiro atoms. The first kappa shape index (κ1) is 30.4. The van der Waals surface area contributed by atoms with Crippen LogP contribution in [0.5, 0.6) is 5.75 Å². The largest absolute Gasteiger partial charge is 0.497 e. The highest BCUT2D eigenvalue weighted by atomic mass is 35.5. The second-order valence-corrected chi connectivity index (χ2v) is 12.1. The number of ether oxygens (including phenoxy) is 1. The van der Waals surface area contributed by atoms with Crippen molar-refractivity contribution in [3.05, 3.63) is 94.4 Å². The van der Waals surface area contributed by atoms with E-state index >= 15 is 0 Å². The highest BCUT2D eigenvalue weighted by molar-refractivity contribution is 6.36. The van der Waals surface area contributed by atoms with Gasteiger partial charge in [0, 0.05) is 36.3 Å². The molecule has 0 fully saturated rings. The summed E-state index contributed by atoms with van der Waals surface area (Å²) >= 11 is 12.6. The van der Waals surface area contributed by atoms with E-state index in [-0.39, 0.29) is 11.3 Å². The third-order valence-electron chi connectivity index (χ3n) is 6.77. The van der Waals surface area contributed by atoms with Crippen molar-refractivity contribution in [2.24, 2.45) is 5.41 Å². The van der Waals surface area contributed by atoms with Crippen LogP contribution in [0.25, 0.3) is 34.5 Å². The first-order chi connectivity index (χ1) is 19.6. The Balaban J connectivity index is 1.48. The molecule has 0 atom stereocenters. The summed E-state index contributed by atoms with van der Waals surface area (Å²) in [5, 5.41) is 4.16. The summed E-state index contributed by atoms with van der Waals surface area (Å²) < 4.78 is 7.34. The quantitative estimate of drug-likeness (QED) is 0.190. The molecule has 0 unspecified atom stereocenters. The number of carbonyl (C=O) groups is 1. The van der Waals surface area contributed by atoms with E-state index in [2.05, 4.69) is 67.1 Å². The Bertz CT molecular complexity index is 1480. The molecule has 5 nitrogen and oxygen atoms in total. The number of aromatic nitrogens is 2. The molecular weight excluding hydrogens is 553 g/mol. The summed E-state index contributed by atoms with van der Waals surface area (Å²) in [4.78, 5) is 17.3. The SMILES string of the molecule is COc1ccc(-c2ccc(/C=C/c3nc(-c4ccc(Cl)cc4Cl)cn3CCCC(=O)NCCC(C)(C)C)cc2)cc1. The fraction of sp³-hybridized carbons (Fsp3) is 0.294. The van der Waals surface area contributed by atoms with Crippen molar-refractivity contribution < 1.29 is 9.53 Å². The number of rotatable bonds is 11. The average Bonchev–Trinajstić information content (AvgIpc) is 3.34. The van der Waals surface area contributed by atoms with E-state index in [0.717, 1.165) is 45.9 Å². The van der Waals surface area contributed by atoms with E-state index in [1.807, 2.05) is 42.6 Å². The topological polar surface area (TPSA) is 56.2 Å². The second kappa shape index (κ2) is 13.9. The number of hydrogen-bond acceptors (Lipinski definition) is 3. The van der Waals surface area contributed by atoms with E-state index in [1.165, 1.54) is 0 Å². The van der Waals surface area contributed by atoms with Gasteiger partial charge in [-0.1, -0.05) is 86.4 Å². The highest BCUT2D eigenvalue weighted by Crippen LogP contribution is 2.30. The lowest BCUT2D eigenvalue weighted by Gasteiger charge is -2.18. The van der Waals surface area contributed by atoms with Crippen LogP contribution in [0.2, 0.25) is 10.0 Å². The molecule has 0 radical (unpaired) electrons. The van der Waals surface area contributed by atoms with Crippen LogP contribution in [0.3, 0.4) is 0 Å². The zero-order valence-corrected chi connectivity index (χ0v) is 25.6. The molecule has 0 aliphatic carbocycles. The van der Waals surface area contributed by atoms with Crippen LogP contribution in [0.4, 0.5) is 0 Å². The molecule has 4 aromatic rings. The van der Waals surface area contributed by atoms with Gasteiger partial charge >= 0.3 is 0 Å². The lowest BCUT2D eigenvalue weighted by Crippen LogP contribution is -2.27. The predicted octanol–water partition coefficient (Wildman–Crippen LogP) is 9.04. The molecule has 41 heavy (non-hydrogen) atoms. The third-order valence-corrected chi connectivity index (χ3v) is 7.32. The zero-order valence-electron chi connectivity index (χ0n) is 24.1. The first-order valence-corrected chi connectivity index (χ1v) is 14.6. The van der Waals surface area contributed by atoms with E-state index < -0.39 is 0 Å². The van der Waals surface area contributed by atoms with Gasteiger partial charge in [0.1, 0.15) is 11.6 Å². The van der Waals surface area contributed by atoms with Gasteiger partial charge in [-0.15, -0.1) is 0 Å². The van der Waals surface area contributed by atoms with Crippen LogP contribution in [0.15, 0.2) is 72.9 Å². The van der Waals surface area contributed by atoms with Gasteiger partial charge in [-0.2, -0.15) is 0 Å². The van der Waals surface area contributed by atoms with Crippen LogP contribution in [0, 0.1) is 5.41 Å². The van der Waals surface area contributed by atoms with Crippen LogP contribution in [0.1, 0.15) is 51.4 Å². The minimum Gasteiger partial charge on any atom is -0.497 e. The van der Waals surface area contributed by atoms with Gasteiger partial charge in [-0.05, 0) is 71.4 Å². The minimum atomic E-state index is 0.0735. The number of aryl methyl sites for hydroxylation is 1. The van der Waals surface area contributed by atoms with Crippen molar-refractivity contribution in [2.45, 2.75) is 46.6 Å². The van der Waals surface area contributed by atoms with Crippen LogP contribution < -0.4 is 10.1 Å². The van der Waals surface area contributed by atoms with E-state index in [1.54, 1.807) is 13.2 Å². The van der Waals surface area contributed by atoms with Crippen molar-refractivity contribution in [1.82, 2.24) is 14.9 Å². The van der Waals surface area contributed by atoms with Gasteiger partial charge in [0.15, 0.2) is 0 Å². The van der Waals surface area contributed by atoms with Crippen molar-refractivity contribution in [2.75, 3.05) is 13.7 Å². The Hall–Kier alpha value is -3.54. The van der Waals surface area contributed by atoms with Gasteiger partial charge in [0.25, 0.3) is 0 Å². The molecule has 0 saturated heterocycles. The number of imidazole rings is 1. The van der Waals surface area contributed by atoms with Crippen molar-refractivity contribution in [3.8, 4) is 28.1 Å². The molecule has 0 aliphatic rings. The fourth-order valence-electron chi connectivity index (χ4n) is 4.39. The molecule has 4 rings (SSSR count). The van der Waals surface area contributed by atoms with Gasteiger partial charge < -0.3 is 14.6 Å². The summed E-state index contributed by atoms with van der Waals surface area (Å²) in [6.07, 6.45) is 8.13. The second-order valence-electron chi connectivity index (χ2n) is 11.2. The van der Waals surface area contributed by atoms with Gasteiger partial charge in [-0.3, -0.25) is 4.79 Å². The number of nitrogens with zero attached hydrogens (tertiary/aromatic N) is 2. The normalized spacial score (nSPS) is 11.7. The number of halogens is 2. The van der Waals surface area contributed by atoms with Crippen LogP contribution in [-0.4, -0.2) is 29.1 Å². The number of nitrogens with one attached hydrogen (secondary N) is 1. The molecule has 0 saturated carbocycles. The standard InChI is InChI=1S/C34H37Cl2N3O2/c1-34(2,3)19-20-37-33(40)6-5-21-39-23-31(29-17-14-27(35)22-30(29)36)38-32(39)18-9-24-7-10-25(11-8-24)26-12-15-28(41-4)16-13-26/h7-18,22-23H,5-6,19-21H2,1-4H3,(H,37,40)/b18-9+. The Labute approximate surface area is 253 Å². The fourth-order valence-corrected chi connectivity index (χ4v) is 4.89. The number of benzene rings is 3. The highest BCUT2D eigenvalue weighted by Gasteiger charge is 2.13. The molecule has 3 aromatic carbocycles. The zero-order chi connectivity index (χ0) is 29.4. The maximum absolute atomic E-state index is 12.4. The smallest absolute Gasteiger partial charge is 0.220 e. The summed E-state index contributed by atoms with van der Waals surface area (Å²) in [5.74, 6) is 1.70. The van der Waals surface area contributed by atoms with Crippen LogP contribution in [-0.2, 0) is 11.3 Å². The third kappa shape index (κ3) is 8.97. The summed E-state index contributed by atoms with van der Waals surface area (Å²) in [6.45, 7) is 7.87. The molecule has 214 valence electrons. The van der Waals surface area contributed by atoms with Crippen molar-refractivity contribution in [1.29, 1.82) is 0 Å². The summed E-state index contributed by atoms with van der Waals surface area (Å²) in [5.41, 5.74) is 5.08. The monoisotopic (exact) mass is 589 g/mol. The molecule has 7 heteroatoms. The summed E-state index contributed by atoms with van der Waals surface area (Å²) in [6, 6.07) is 21.8. The maximum Gasteiger partial charge on any atom is 0.220 e. The Kier molecular flexibility index (Phi) is 10.3. The Morgan fingerprint density at radius 2 is 1.66 bits per heavy atom. The molecule has 0 bridgehead atoms. The Morgan fingerprint density at radius 1 is 0.976 bits per heavy atom. The number of amides is 1. The average molecular weight is 591 g/mol. The molecule has 1 aromatic heterocycles. The van der Waals surface area contributed by atoms with E-state index in [9.17, 15) is 4.79 Å². The lowest BCUT2D eigenvalue weighted by atomic mass is 9.92. The molecule has 1 N–H and O–H groups in total. The molecular formula is C34H37Cl2N3O2. The first-order valence-electron chi connectivity index (χ1n) is 13.8. The van der Waals surface area contributed by atoms with E-state index in [0.29, 0.717) is 36.0 Å². The Morgan fingerprint density at radius 3 is 2.29 bits per heavy atom. The lowest BCUT2D eigenvalue weighted by molar-refractivity contribution is -0.121. The van der Waals surface area contributed by atoms with Gasteiger partial charge in [0.05, 0.1) is 17.8 Å².